The van der Waals surface area contributed by atoms with E-state index in [1.165, 1.54) is 29.8 Å². The molecule has 3 aliphatic carbocycles. The van der Waals surface area contributed by atoms with Crippen LogP contribution in [0.5, 0.6) is 5.75 Å². The molecule has 0 radical (unpaired) electrons. The number of amides is 1. The van der Waals surface area contributed by atoms with Crippen LogP contribution in [-0.2, 0) is 11.2 Å². The normalized spacial score (nSPS) is 33.2. The molecule has 2 saturated carbocycles. The SMILES string of the molecule is CC12CCC3c4ccc(O)cc4CCC3(N)C1[C@@H](CNC(=O)c1ccc(F)cc1)CC2=O. The van der Waals surface area contributed by atoms with Gasteiger partial charge in [0.25, 0.3) is 5.91 Å². The molecule has 1 amide bonds. The summed E-state index contributed by atoms with van der Waals surface area (Å²) < 4.78 is 13.2. The van der Waals surface area contributed by atoms with E-state index in [-0.39, 0.29) is 41.0 Å². The molecule has 5 atom stereocenters. The number of nitrogens with two attached hydrogens (primary N) is 1. The van der Waals surface area contributed by atoms with Crippen molar-refractivity contribution in [1.29, 1.82) is 0 Å². The highest BCUT2D eigenvalue weighted by atomic mass is 19.1. The smallest absolute Gasteiger partial charge is 0.251 e. The van der Waals surface area contributed by atoms with E-state index >= 15 is 0 Å². The topological polar surface area (TPSA) is 92.4 Å². The van der Waals surface area contributed by atoms with Crippen molar-refractivity contribution in [2.45, 2.75) is 50.5 Å². The Morgan fingerprint density at radius 3 is 2.72 bits per heavy atom. The molecular weight excluding hydrogens is 407 g/mol. The largest absolute Gasteiger partial charge is 0.508 e. The first-order valence-electron chi connectivity index (χ1n) is 11.4. The van der Waals surface area contributed by atoms with Gasteiger partial charge in [0, 0.05) is 35.4 Å². The summed E-state index contributed by atoms with van der Waals surface area (Å²) >= 11 is 0. The Morgan fingerprint density at radius 2 is 1.97 bits per heavy atom. The van der Waals surface area contributed by atoms with E-state index < -0.39 is 11.0 Å². The first kappa shape index (κ1) is 21.1. The third-order valence-electron chi connectivity index (χ3n) is 8.38. The number of nitrogens with one attached hydrogen (secondary N) is 1. The van der Waals surface area contributed by atoms with Crippen molar-refractivity contribution in [3.05, 3.63) is 65.0 Å². The number of hydrogen-bond donors (Lipinski definition) is 3. The molecule has 168 valence electrons. The number of benzene rings is 2. The summed E-state index contributed by atoms with van der Waals surface area (Å²) in [6.07, 6.45) is 3.57. The summed E-state index contributed by atoms with van der Waals surface area (Å²) in [7, 11) is 0. The molecule has 2 fully saturated rings. The van der Waals surface area contributed by atoms with E-state index in [1.54, 1.807) is 6.07 Å². The number of carbonyl (C=O) groups excluding carboxylic acids is 2. The van der Waals surface area contributed by atoms with Crippen molar-refractivity contribution < 1.29 is 19.1 Å². The number of aromatic hydroxyl groups is 1. The fourth-order valence-electron chi connectivity index (χ4n) is 6.93. The maximum absolute atomic E-state index is 13.2. The monoisotopic (exact) mass is 436 g/mol. The molecule has 3 aliphatic rings. The molecule has 0 aromatic heterocycles. The van der Waals surface area contributed by atoms with E-state index in [0.717, 1.165) is 31.2 Å². The van der Waals surface area contributed by atoms with Crippen LogP contribution in [0.4, 0.5) is 4.39 Å². The average Bonchev–Trinajstić information content (AvgIpc) is 3.03. The lowest BCUT2D eigenvalue weighted by atomic mass is 9.50. The van der Waals surface area contributed by atoms with Gasteiger partial charge >= 0.3 is 0 Å². The van der Waals surface area contributed by atoms with Crippen molar-refractivity contribution in [2.24, 2.45) is 23.0 Å². The second kappa shape index (κ2) is 7.41. The number of phenols is 1. The third-order valence-corrected chi connectivity index (χ3v) is 8.38. The summed E-state index contributed by atoms with van der Waals surface area (Å²) in [6.45, 7) is 2.43. The van der Waals surface area contributed by atoms with Gasteiger partial charge in [0.1, 0.15) is 17.3 Å². The van der Waals surface area contributed by atoms with Crippen LogP contribution in [-0.4, -0.2) is 28.9 Å². The Hall–Kier alpha value is -2.73. The standard InChI is InChI=1S/C26H29FN2O3/c1-25-10-9-21-20-7-6-19(30)12-16(20)8-11-26(21,28)23(25)17(13-22(25)31)14-29-24(32)15-2-4-18(27)5-3-15/h2-7,12,17,21,23,30H,8-11,13-14,28H2,1H3,(H,29,32)/t17-,21?,23?,25?,26?/m1/s1. The van der Waals surface area contributed by atoms with Gasteiger partial charge in [-0.15, -0.1) is 0 Å². The number of fused-ring (bicyclic) bond motifs is 5. The van der Waals surface area contributed by atoms with Crippen LogP contribution in [0.2, 0.25) is 0 Å². The lowest BCUT2D eigenvalue weighted by Crippen LogP contribution is -2.63. The quantitative estimate of drug-likeness (QED) is 0.684. The zero-order valence-corrected chi connectivity index (χ0v) is 18.2. The van der Waals surface area contributed by atoms with Gasteiger partial charge in [-0.05, 0) is 85.0 Å². The Morgan fingerprint density at radius 1 is 1.22 bits per heavy atom. The zero-order chi connectivity index (χ0) is 22.7. The number of phenolic OH excluding ortho intramolecular Hbond substituents is 1. The van der Waals surface area contributed by atoms with Gasteiger partial charge in [-0.3, -0.25) is 9.59 Å². The summed E-state index contributed by atoms with van der Waals surface area (Å²) in [4.78, 5) is 25.8. The van der Waals surface area contributed by atoms with Gasteiger partial charge in [-0.25, -0.2) is 4.39 Å². The molecule has 32 heavy (non-hydrogen) atoms. The second-order valence-electron chi connectivity index (χ2n) is 10.1. The molecule has 2 aromatic carbocycles. The van der Waals surface area contributed by atoms with Crippen LogP contribution in [0.3, 0.4) is 0 Å². The van der Waals surface area contributed by atoms with Crippen LogP contribution < -0.4 is 11.1 Å². The second-order valence-corrected chi connectivity index (χ2v) is 10.1. The van der Waals surface area contributed by atoms with Gasteiger partial charge in [-0.1, -0.05) is 13.0 Å². The number of carbonyl (C=O) groups is 2. The maximum atomic E-state index is 13.2. The van der Waals surface area contributed by atoms with Crippen LogP contribution in [0, 0.1) is 23.1 Å². The van der Waals surface area contributed by atoms with Crippen LogP contribution >= 0.6 is 0 Å². The fourth-order valence-corrected chi connectivity index (χ4v) is 6.93. The van der Waals surface area contributed by atoms with Gasteiger partial charge in [0.05, 0.1) is 0 Å². The number of aryl methyl sites for hydroxylation is 1. The Bertz CT molecular complexity index is 1080. The molecule has 0 bridgehead atoms. The highest BCUT2D eigenvalue weighted by molar-refractivity contribution is 5.94. The average molecular weight is 437 g/mol. The highest BCUT2D eigenvalue weighted by Gasteiger charge is 2.64. The minimum Gasteiger partial charge on any atom is -0.508 e. The molecular formula is C26H29FN2O3. The Labute approximate surface area is 187 Å². The molecule has 0 saturated heterocycles. The highest BCUT2D eigenvalue weighted by Crippen LogP contribution is 2.62. The molecule has 5 rings (SSSR count). The predicted octanol–water partition coefficient (Wildman–Crippen LogP) is 3.69. The first-order chi connectivity index (χ1) is 15.2. The maximum Gasteiger partial charge on any atom is 0.251 e. The number of halogens is 1. The molecule has 5 nitrogen and oxygen atoms in total. The summed E-state index contributed by atoms with van der Waals surface area (Å²) in [6, 6.07) is 11.0. The Kier molecular flexibility index (Phi) is 4.89. The van der Waals surface area contributed by atoms with Crippen molar-refractivity contribution in [3.8, 4) is 5.75 Å². The van der Waals surface area contributed by atoms with Crippen LogP contribution in [0.15, 0.2) is 42.5 Å². The Balaban J connectivity index is 1.42. The first-order valence-corrected chi connectivity index (χ1v) is 11.4. The molecule has 0 aliphatic heterocycles. The minimum absolute atomic E-state index is 0.0308. The van der Waals surface area contributed by atoms with E-state index in [0.29, 0.717) is 18.5 Å². The van der Waals surface area contributed by atoms with Crippen molar-refractivity contribution in [3.63, 3.8) is 0 Å². The van der Waals surface area contributed by atoms with Crippen molar-refractivity contribution in [1.82, 2.24) is 5.32 Å². The lowest BCUT2D eigenvalue weighted by Gasteiger charge is -2.56. The number of hydrogen-bond acceptors (Lipinski definition) is 4. The number of Topliss-reactive ketones (excluding diaryl/α,β-unsaturated/α-hetero) is 1. The zero-order valence-electron chi connectivity index (χ0n) is 18.2. The van der Waals surface area contributed by atoms with E-state index in [4.69, 9.17) is 5.73 Å². The number of rotatable bonds is 3. The van der Waals surface area contributed by atoms with Gasteiger partial charge in [0.2, 0.25) is 0 Å². The molecule has 4 N–H and O–H groups in total. The lowest BCUT2D eigenvalue weighted by molar-refractivity contribution is -0.130. The van der Waals surface area contributed by atoms with Crippen LogP contribution in [0.1, 0.15) is 60.0 Å². The summed E-state index contributed by atoms with van der Waals surface area (Å²) in [5, 5.41) is 12.9. The van der Waals surface area contributed by atoms with Gasteiger partial charge < -0.3 is 16.2 Å². The molecule has 6 heteroatoms. The molecule has 4 unspecified atom stereocenters. The predicted molar refractivity (Wildman–Crippen MR) is 119 cm³/mol. The van der Waals surface area contributed by atoms with Gasteiger partial charge in [0.15, 0.2) is 0 Å². The fraction of sp³-hybridized carbons (Fsp3) is 0.462. The third kappa shape index (κ3) is 3.15. The van der Waals surface area contributed by atoms with Crippen molar-refractivity contribution in [2.75, 3.05) is 6.54 Å². The molecule has 2 aromatic rings. The number of ketones is 1. The summed E-state index contributed by atoms with van der Waals surface area (Å²) in [5.74, 6) is -0.0854. The van der Waals surface area contributed by atoms with Crippen molar-refractivity contribution >= 4 is 11.7 Å². The van der Waals surface area contributed by atoms with E-state index in [1.807, 2.05) is 12.1 Å². The molecule has 0 heterocycles. The minimum atomic E-state index is -0.533. The van der Waals surface area contributed by atoms with E-state index in [9.17, 15) is 19.1 Å². The summed E-state index contributed by atoms with van der Waals surface area (Å²) in [5.41, 5.74) is 8.92. The van der Waals surface area contributed by atoms with Crippen LogP contribution in [0.25, 0.3) is 0 Å². The van der Waals surface area contributed by atoms with Gasteiger partial charge in [-0.2, -0.15) is 0 Å². The molecule has 0 spiro atoms. The van der Waals surface area contributed by atoms with E-state index in [2.05, 4.69) is 12.2 Å².